The normalized spacial score (nSPS) is 16.2. The lowest BCUT2D eigenvalue weighted by Gasteiger charge is -2.32. The van der Waals surface area contributed by atoms with Gasteiger partial charge < -0.3 is 19.5 Å². The Morgan fingerprint density at radius 3 is 2.59 bits per heavy atom. The summed E-state index contributed by atoms with van der Waals surface area (Å²) < 4.78 is 52.1. The van der Waals surface area contributed by atoms with Crippen molar-refractivity contribution in [2.75, 3.05) is 33.9 Å². The van der Waals surface area contributed by atoms with Gasteiger partial charge in [0.05, 0.1) is 32.3 Å². The SMILES string of the molecule is CCN(C)C=Nc1cc(OC)c(C(O)(COCC2=CC=CC2)C(F)(F)F)cc1C. The first-order chi connectivity index (χ1) is 13.6. The molecule has 1 unspecified atom stereocenters. The molecular weight excluding hydrogens is 385 g/mol. The molecule has 0 saturated heterocycles. The van der Waals surface area contributed by atoms with Crippen LogP contribution in [0.2, 0.25) is 0 Å². The van der Waals surface area contributed by atoms with E-state index in [4.69, 9.17) is 9.47 Å². The zero-order valence-corrected chi connectivity index (χ0v) is 17.1. The second-order valence-electron chi connectivity index (χ2n) is 6.96. The average Bonchev–Trinajstić information content (AvgIpc) is 3.18. The van der Waals surface area contributed by atoms with Gasteiger partial charge in [0, 0.05) is 25.2 Å². The van der Waals surface area contributed by atoms with E-state index in [2.05, 4.69) is 4.99 Å². The fourth-order valence-electron chi connectivity index (χ4n) is 2.79. The van der Waals surface area contributed by atoms with E-state index >= 15 is 0 Å². The number of halogens is 3. The number of ether oxygens (including phenoxy) is 2. The molecule has 29 heavy (non-hydrogen) atoms. The van der Waals surface area contributed by atoms with Crippen molar-refractivity contribution in [2.24, 2.45) is 4.99 Å². The van der Waals surface area contributed by atoms with Crippen molar-refractivity contribution < 1.29 is 27.8 Å². The highest BCUT2D eigenvalue weighted by Gasteiger charge is 2.56. The maximum absolute atomic E-state index is 13.9. The third-order valence-electron chi connectivity index (χ3n) is 4.77. The molecule has 0 heterocycles. The number of allylic oxidation sites excluding steroid dienone is 3. The molecule has 1 aromatic carbocycles. The Hall–Kier alpha value is -2.32. The van der Waals surface area contributed by atoms with Crippen LogP contribution in [-0.2, 0) is 10.3 Å². The van der Waals surface area contributed by atoms with Gasteiger partial charge in [-0.25, -0.2) is 4.99 Å². The van der Waals surface area contributed by atoms with E-state index in [-0.39, 0.29) is 12.4 Å². The van der Waals surface area contributed by atoms with Gasteiger partial charge in [0.15, 0.2) is 0 Å². The highest BCUT2D eigenvalue weighted by Crippen LogP contribution is 2.45. The molecule has 0 radical (unpaired) electrons. The Balaban J connectivity index is 2.36. The molecule has 0 bridgehead atoms. The number of rotatable bonds is 9. The van der Waals surface area contributed by atoms with Gasteiger partial charge >= 0.3 is 6.18 Å². The molecule has 1 aliphatic rings. The van der Waals surface area contributed by atoms with E-state index < -0.39 is 23.9 Å². The van der Waals surface area contributed by atoms with Crippen LogP contribution in [-0.4, -0.2) is 56.4 Å². The van der Waals surface area contributed by atoms with Crippen molar-refractivity contribution in [1.82, 2.24) is 4.90 Å². The van der Waals surface area contributed by atoms with Crippen molar-refractivity contribution in [3.8, 4) is 5.75 Å². The highest BCUT2D eigenvalue weighted by molar-refractivity contribution is 5.65. The molecule has 0 spiro atoms. The molecule has 1 aromatic rings. The molecule has 0 aromatic heterocycles. The number of aryl methyl sites for hydroxylation is 1. The number of aliphatic imine (C=N–C) groups is 1. The minimum Gasteiger partial charge on any atom is -0.496 e. The van der Waals surface area contributed by atoms with E-state index in [1.165, 1.54) is 19.2 Å². The molecule has 0 aliphatic heterocycles. The van der Waals surface area contributed by atoms with Gasteiger partial charge in [-0.15, -0.1) is 0 Å². The Labute approximate surface area is 169 Å². The van der Waals surface area contributed by atoms with Gasteiger partial charge in [0.2, 0.25) is 5.60 Å². The molecule has 1 N–H and O–H groups in total. The molecule has 0 saturated carbocycles. The van der Waals surface area contributed by atoms with E-state index in [1.807, 2.05) is 31.0 Å². The molecule has 160 valence electrons. The Kier molecular flexibility index (Phi) is 7.48. The predicted molar refractivity (Wildman–Crippen MR) is 107 cm³/mol. The first kappa shape index (κ1) is 23.0. The molecule has 0 fully saturated rings. The van der Waals surface area contributed by atoms with Crippen LogP contribution in [0.25, 0.3) is 0 Å². The summed E-state index contributed by atoms with van der Waals surface area (Å²) in [6.45, 7) is 3.38. The third-order valence-corrected chi connectivity index (χ3v) is 4.77. The summed E-state index contributed by atoms with van der Waals surface area (Å²) in [6.07, 6.45) is 2.75. The number of aliphatic hydroxyl groups is 1. The van der Waals surface area contributed by atoms with E-state index in [0.29, 0.717) is 17.7 Å². The number of hydrogen-bond donors (Lipinski definition) is 1. The topological polar surface area (TPSA) is 54.3 Å². The molecule has 2 rings (SSSR count). The number of benzene rings is 1. The van der Waals surface area contributed by atoms with Gasteiger partial charge in [-0.2, -0.15) is 13.2 Å². The van der Waals surface area contributed by atoms with Gasteiger partial charge in [0.25, 0.3) is 0 Å². The fourth-order valence-corrected chi connectivity index (χ4v) is 2.79. The smallest absolute Gasteiger partial charge is 0.423 e. The number of hydrogen-bond acceptors (Lipinski definition) is 4. The van der Waals surface area contributed by atoms with Gasteiger partial charge in [0.1, 0.15) is 5.75 Å². The fraction of sp³-hybridized carbons (Fsp3) is 0.476. The summed E-state index contributed by atoms with van der Waals surface area (Å²) in [5.74, 6) is -0.105. The maximum Gasteiger partial charge on any atom is 0.423 e. The van der Waals surface area contributed by atoms with Gasteiger partial charge in [-0.05, 0) is 37.5 Å². The van der Waals surface area contributed by atoms with Crippen LogP contribution in [0.4, 0.5) is 18.9 Å². The van der Waals surface area contributed by atoms with E-state index in [0.717, 1.165) is 12.1 Å². The molecule has 5 nitrogen and oxygen atoms in total. The van der Waals surface area contributed by atoms with Crippen LogP contribution in [0.3, 0.4) is 0 Å². The minimum atomic E-state index is -4.96. The van der Waals surface area contributed by atoms with E-state index in [9.17, 15) is 18.3 Å². The average molecular weight is 412 g/mol. The van der Waals surface area contributed by atoms with Crippen LogP contribution in [0.5, 0.6) is 5.75 Å². The van der Waals surface area contributed by atoms with Crippen molar-refractivity contribution in [3.63, 3.8) is 0 Å². The summed E-state index contributed by atoms with van der Waals surface area (Å²) in [7, 11) is 3.09. The Bertz CT molecular complexity index is 803. The second-order valence-corrected chi connectivity index (χ2v) is 6.96. The quantitative estimate of drug-likeness (QED) is 0.486. The zero-order valence-electron chi connectivity index (χ0n) is 17.1. The van der Waals surface area contributed by atoms with Crippen LogP contribution < -0.4 is 4.74 Å². The molecule has 1 aliphatic carbocycles. The van der Waals surface area contributed by atoms with Crippen molar-refractivity contribution in [2.45, 2.75) is 32.0 Å². The van der Waals surface area contributed by atoms with E-state index in [1.54, 1.807) is 19.3 Å². The highest BCUT2D eigenvalue weighted by atomic mass is 19.4. The zero-order chi connectivity index (χ0) is 21.7. The molecule has 0 amide bonds. The monoisotopic (exact) mass is 412 g/mol. The van der Waals surface area contributed by atoms with Crippen molar-refractivity contribution in [1.29, 1.82) is 0 Å². The van der Waals surface area contributed by atoms with Crippen LogP contribution >= 0.6 is 0 Å². The summed E-state index contributed by atoms with van der Waals surface area (Å²) in [4.78, 5) is 6.12. The largest absolute Gasteiger partial charge is 0.496 e. The first-order valence-electron chi connectivity index (χ1n) is 9.27. The summed E-state index contributed by atoms with van der Waals surface area (Å²) >= 11 is 0. The predicted octanol–water partition coefficient (Wildman–Crippen LogP) is 4.27. The lowest BCUT2D eigenvalue weighted by molar-refractivity contribution is -0.281. The van der Waals surface area contributed by atoms with Crippen LogP contribution in [0, 0.1) is 6.92 Å². The summed E-state index contributed by atoms with van der Waals surface area (Å²) in [6, 6.07) is 2.65. The third kappa shape index (κ3) is 5.39. The lowest BCUT2D eigenvalue weighted by atomic mass is 9.91. The Morgan fingerprint density at radius 2 is 2.03 bits per heavy atom. The molecular formula is C21H27F3N2O3. The number of nitrogens with zero attached hydrogens (tertiary/aromatic N) is 2. The molecule has 8 heteroatoms. The minimum absolute atomic E-state index is 0.0123. The Morgan fingerprint density at radius 1 is 1.31 bits per heavy atom. The summed E-state index contributed by atoms with van der Waals surface area (Å²) in [5.41, 5.74) is -1.82. The van der Waals surface area contributed by atoms with Crippen molar-refractivity contribution in [3.05, 3.63) is 47.1 Å². The van der Waals surface area contributed by atoms with Crippen LogP contribution in [0.15, 0.2) is 40.9 Å². The first-order valence-corrected chi connectivity index (χ1v) is 9.27. The van der Waals surface area contributed by atoms with Gasteiger partial charge in [-0.1, -0.05) is 18.2 Å². The summed E-state index contributed by atoms with van der Waals surface area (Å²) in [5, 5.41) is 10.7. The molecule has 1 atom stereocenters. The second kappa shape index (κ2) is 9.45. The maximum atomic E-state index is 13.9. The number of methoxy groups -OCH3 is 1. The number of alkyl halides is 3. The standard InChI is InChI=1S/C21H27F3N2O3/c1-5-26(3)14-25-18-11-19(28-4)17(10-15(18)2)20(27,21(22,23)24)13-29-12-16-8-6-7-9-16/h6-8,10-11,14,27H,5,9,12-13H2,1-4H3. The lowest BCUT2D eigenvalue weighted by Crippen LogP contribution is -2.46. The van der Waals surface area contributed by atoms with Gasteiger partial charge in [-0.3, -0.25) is 0 Å². The van der Waals surface area contributed by atoms with Crippen LogP contribution in [0.1, 0.15) is 24.5 Å². The van der Waals surface area contributed by atoms with Crippen molar-refractivity contribution >= 4 is 12.0 Å².